The zero-order chi connectivity index (χ0) is 7.98. The van der Waals surface area contributed by atoms with Crippen molar-refractivity contribution in [2.45, 2.75) is 0 Å². The van der Waals surface area contributed by atoms with Gasteiger partial charge in [-0.2, -0.15) is 0 Å². The molecule has 0 aromatic heterocycles. The summed E-state index contributed by atoms with van der Waals surface area (Å²) in [5.74, 6) is -1.16. The standard InChI is InChI=1S/C6H8O4.Ce/c1-9-5(7)3-4-6(8)10-2;/h3-4H,1-2H3;/b4-3-;. The maximum absolute atomic E-state index is 10.3. The average Bonchev–Trinajstić information content (AvgIpc) is 1.99. The maximum atomic E-state index is 10.3. The topological polar surface area (TPSA) is 52.6 Å². The van der Waals surface area contributed by atoms with Crippen molar-refractivity contribution in [3.05, 3.63) is 12.2 Å². The fraction of sp³-hybridized carbons (Fsp3) is 0.333. The number of ether oxygens (including phenoxy) is 2. The van der Waals surface area contributed by atoms with Crippen LogP contribution in [0.2, 0.25) is 0 Å². The molecule has 0 aliphatic carbocycles. The van der Waals surface area contributed by atoms with Crippen molar-refractivity contribution in [1.29, 1.82) is 0 Å². The minimum atomic E-state index is -0.578. The second-order valence-corrected chi connectivity index (χ2v) is 1.38. The van der Waals surface area contributed by atoms with Gasteiger partial charge in [-0.1, -0.05) is 0 Å². The van der Waals surface area contributed by atoms with Gasteiger partial charge in [0.05, 0.1) is 14.2 Å². The molecule has 0 aromatic rings. The van der Waals surface area contributed by atoms with E-state index in [1.54, 1.807) is 0 Å². The summed E-state index contributed by atoms with van der Waals surface area (Å²) < 4.78 is 8.42. The summed E-state index contributed by atoms with van der Waals surface area (Å²) in [4.78, 5) is 20.6. The van der Waals surface area contributed by atoms with Crippen molar-refractivity contribution in [2.75, 3.05) is 14.2 Å². The molecule has 0 rings (SSSR count). The minimum absolute atomic E-state index is 0. The Labute approximate surface area is 98.3 Å². The fourth-order valence-electron chi connectivity index (χ4n) is 0.272. The van der Waals surface area contributed by atoms with Gasteiger partial charge in [0.25, 0.3) is 0 Å². The van der Waals surface area contributed by atoms with Crippen LogP contribution in [0.1, 0.15) is 0 Å². The number of hydrogen-bond acceptors (Lipinski definition) is 4. The average molecular weight is 284 g/mol. The van der Waals surface area contributed by atoms with Crippen molar-refractivity contribution < 1.29 is 60.8 Å². The summed E-state index contributed by atoms with van der Waals surface area (Å²) >= 11 is 0. The number of carbonyl (C=O) groups is 2. The van der Waals surface area contributed by atoms with E-state index in [1.165, 1.54) is 14.2 Å². The molecule has 4 nitrogen and oxygen atoms in total. The quantitative estimate of drug-likeness (QED) is 0.524. The Morgan fingerprint density at radius 3 is 1.45 bits per heavy atom. The molecule has 0 amide bonds. The smallest absolute Gasteiger partial charge is 0.330 e. The van der Waals surface area contributed by atoms with Crippen molar-refractivity contribution in [3.63, 3.8) is 0 Å². The molecule has 0 fully saturated rings. The normalized spacial score (nSPS) is 8.55. The Morgan fingerprint density at radius 1 is 1.00 bits per heavy atom. The largest absolute Gasteiger partial charge is 0.466 e. The van der Waals surface area contributed by atoms with Gasteiger partial charge >= 0.3 is 11.9 Å². The van der Waals surface area contributed by atoms with Gasteiger partial charge in [-0.15, -0.1) is 0 Å². The molecular formula is C6H8CeO4. The van der Waals surface area contributed by atoms with E-state index < -0.39 is 11.9 Å². The van der Waals surface area contributed by atoms with Gasteiger partial charge in [-0.3, -0.25) is 0 Å². The third kappa shape index (κ3) is 7.96. The van der Waals surface area contributed by atoms with Crippen LogP contribution in [0.15, 0.2) is 12.2 Å². The van der Waals surface area contributed by atoms with E-state index in [9.17, 15) is 9.59 Å². The summed E-state index contributed by atoms with van der Waals surface area (Å²) in [5, 5.41) is 0. The van der Waals surface area contributed by atoms with Crippen molar-refractivity contribution in [1.82, 2.24) is 0 Å². The van der Waals surface area contributed by atoms with Gasteiger partial charge in [0.1, 0.15) is 0 Å². The summed E-state index contributed by atoms with van der Waals surface area (Å²) in [6.07, 6.45) is 1.98. The molecule has 0 spiro atoms. The predicted molar refractivity (Wildman–Crippen MR) is 33.2 cm³/mol. The summed E-state index contributed by atoms with van der Waals surface area (Å²) in [6.45, 7) is 0. The molecule has 0 saturated carbocycles. The molecule has 0 aromatic carbocycles. The molecule has 0 radical (unpaired) electrons. The molecule has 5 heteroatoms. The number of methoxy groups -OCH3 is 2. The van der Waals surface area contributed by atoms with Crippen LogP contribution in [0.4, 0.5) is 0 Å². The zero-order valence-electron chi connectivity index (χ0n) is 6.29. The summed E-state index contributed by atoms with van der Waals surface area (Å²) in [5.41, 5.74) is 0. The molecule has 0 aliphatic heterocycles. The first-order valence-electron chi connectivity index (χ1n) is 2.54. The predicted octanol–water partition coefficient (Wildman–Crippen LogP) is -0.111. The number of rotatable bonds is 2. The van der Waals surface area contributed by atoms with Gasteiger partial charge in [-0.25, -0.2) is 9.59 Å². The number of esters is 2. The molecule has 60 valence electrons. The van der Waals surface area contributed by atoms with Crippen LogP contribution in [-0.4, -0.2) is 26.2 Å². The van der Waals surface area contributed by atoms with Gasteiger partial charge < -0.3 is 9.47 Å². The molecule has 0 saturated heterocycles. The van der Waals surface area contributed by atoms with Gasteiger partial charge in [0.2, 0.25) is 0 Å². The van der Waals surface area contributed by atoms with Crippen LogP contribution in [0, 0.1) is 41.7 Å². The second-order valence-electron chi connectivity index (χ2n) is 1.38. The van der Waals surface area contributed by atoms with E-state index in [4.69, 9.17) is 0 Å². The first kappa shape index (κ1) is 13.6. The Balaban J connectivity index is 0. The second kappa shape index (κ2) is 8.16. The van der Waals surface area contributed by atoms with Gasteiger partial charge in [0.15, 0.2) is 0 Å². The molecule has 11 heavy (non-hydrogen) atoms. The first-order chi connectivity index (χ1) is 4.70. The van der Waals surface area contributed by atoms with E-state index >= 15 is 0 Å². The van der Waals surface area contributed by atoms with E-state index in [-0.39, 0.29) is 41.7 Å². The third-order valence-electron chi connectivity index (χ3n) is 0.758. The van der Waals surface area contributed by atoms with E-state index in [0.717, 1.165) is 12.2 Å². The summed E-state index contributed by atoms with van der Waals surface area (Å²) in [7, 11) is 2.45. The van der Waals surface area contributed by atoms with Crippen LogP contribution in [-0.2, 0) is 19.1 Å². The van der Waals surface area contributed by atoms with Crippen molar-refractivity contribution >= 4 is 11.9 Å². The summed E-state index contributed by atoms with van der Waals surface area (Å²) in [6, 6.07) is 0. The number of carbonyl (C=O) groups excluding carboxylic acids is 2. The Bertz CT molecular complexity index is 146. The number of hydrogen-bond donors (Lipinski definition) is 0. The molecule has 0 unspecified atom stereocenters. The monoisotopic (exact) mass is 284 g/mol. The van der Waals surface area contributed by atoms with Crippen LogP contribution in [0.3, 0.4) is 0 Å². The van der Waals surface area contributed by atoms with E-state index in [1.807, 2.05) is 0 Å². The van der Waals surface area contributed by atoms with Crippen LogP contribution in [0.25, 0.3) is 0 Å². The van der Waals surface area contributed by atoms with Crippen molar-refractivity contribution in [3.8, 4) is 0 Å². The molecule has 0 N–H and O–H groups in total. The molecule has 0 heterocycles. The molecule has 0 bridgehead atoms. The third-order valence-corrected chi connectivity index (χ3v) is 0.758. The zero-order valence-corrected chi connectivity index (χ0v) is 9.43. The van der Waals surface area contributed by atoms with Gasteiger partial charge in [0, 0.05) is 53.9 Å². The molecular weight excluding hydrogens is 276 g/mol. The SMILES string of the molecule is COC(=O)/C=C\C(=O)OC.[Ce]. The fourth-order valence-corrected chi connectivity index (χ4v) is 0.272. The first-order valence-corrected chi connectivity index (χ1v) is 2.54. The van der Waals surface area contributed by atoms with E-state index in [0.29, 0.717) is 0 Å². The van der Waals surface area contributed by atoms with Crippen LogP contribution >= 0.6 is 0 Å². The maximum Gasteiger partial charge on any atom is 0.330 e. The Morgan fingerprint density at radius 2 is 1.27 bits per heavy atom. The Hall–Kier alpha value is 0.0566. The van der Waals surface area contributed by atoms with Crippen LogP contribution in [0.5, 0.6) is 0 Å². The van der Waals surface area contributed by atoms with E-state index in [2.05, 4.69) is 9.47 Å². The minimum Gasteiger partial charge on any atom is -0.466 e. The van der Waals surface area contributed by atoms with Gasteiger partial charge in [-0.05, 0) is 0 Å². The van der Waals surface area contributed by atoms with Crippen LogP contribution < -0.4 is 0 Å². The molecule has 0 aliphatic rings. The Kier molecular flexibility index (Phi) is 10.1. The van der Waals surface area contributed by atoms with Crippen molar-refractivity contribution in [2.24, 2.45) is 0 Å². The molecule has 0 atom stereocenters.